The molecule has 0 aliphatic rings. The number of nitrogens with one attached hydrogen (secondary N) is 1. The predicted molar refractivity (Wildman–Crippen MR) is 250 cm³/mol. The highest BCUT2D eigenvalue weighted by atomic mass is 16.5. The van der Waals surface area contributed by atoms with E-state index >= 15 is 0 Å². The van der Waals surface area contributed by atoms with Gasteiger partial charge in [-0.1, -0.05) is 258 Å². The average Bonchev–Trinajstić information content (AvgIpc) is 3.22. The molecule has 58 heavy (non-hydrogen) atoms. The second kappa shape index (κ2) is 48.5. The summed E-state index contributed by atoms with van der Waals surface area (Å²) < 4.78 is 5.47. The number of aliphatic hydroxyl groups excluding tert-OH is 2. The van der Waals surface area contributed by atoms with E-state index in [0.717, 1.165) is 57.8 Å². The van der Waals surface area contributed by atoms with Crippen molar-refractivity contribution >= 4 is 11.9 Å². The van der Waals surface area contributed by atoms with Crippen LogP contribution in [0.15, 0.2) is 0 Å². The number of carbonyl (C=O) groups excluding carboxylic acids is 2. The van der Waals surface area contributed by atoms with Crippen molar-refractivity contribution in [3.05, 3.63) is 0 Å². The van der Waals surface area contributed by atoms with Crippen LogP contribution in [0, 0.1) is 0 Å². The van der Waals surface area contributed by atoms with Gasteiger partial charge in [-0.15, -0.1) is 0 Å². The van der Waals surface area contributed by atoms with E-state index in [1.807, 2.05) is 0 Å². The smallest absolute Gasteiger partial charge is 0.305 e. The maximum atomic E-state index is 12.4. The maximum absolute atomic E-state index is 12.4. The molecule has 3 N–H and O–H groups in total. The van der Waals surface area contributed by atoms with E-state index in [1.165, 1.54) is 205 Å². The van der Waals surface area contributed by atoms with Crippen LogP contribution in [0.4, 0.5) is 0 Å². The summed E-state index contributed by atoms with van der Waals surface area (Å²) in [6.07, 6.45) is 53.5. The first kappa shape index (κ1) is 56.9. The van der Waals surface area contributed by atoms with E-state index in [9.17, 15) is 19.8 Å². The Balaban J connectivity index is 3.43. The van der Waals surface area contributed by atoms with Crippen LogP contribution in [0.5, 0.6) is 0 Å². The summed E-state index contributed by atoms with van der Waals surface area (Å²) in [5.41, 5.74) is 0. The third kappa shape index (κ3) is 44.4. The molecule has 346 valence electrons. The molecule has 6 nitrogen and oxygen atoms in total. The molecule has 0 radical (unpaired) electrons. The van der Waals surface area contributed by atoms with Gasteiger partial charge in [-0.2, -0.15) is 0 Å². The van der Waals surface area contributed by atoms with Crippen LogP contribution in [0.25, 0.3) is 0 Å². The van der Waals surface area contributed by atoms with Crippen LogP contribution in [0.2, 0.25) is 0 Å². The normalized spacial score (nSPS) is 12.6. The summed E-state index contributed by atoms with van der Waals surface area (Å²) in [6.45, 7) is 4.93. The fourth-order valence-corrected chi connectivity index (χ4v) is 8.35. The van der Waals surface area contributed by atoms with Crippen LogP contribution in [-0.2, 0) is 14.3 Å². The lowest BCUT2D eigenvalue weighted by Gasteiger charge is -2.22. The molecule has 0 aromatic carbocycles. The van der Waals surface area contributed by atoms with Gasteiger partial charge in [-0.25, -0.2) is 0 Å². The fourth-order valence-electron chi connectivity index (χ4n) is 8.35. The van der Waals surface area contributed by atoms with Crippen LogP contribution >= 0.6 is 0 Å². The van der Waals surface area contributed by atoms with Gasteiger partial charge in [0.2, 0.25) is 5.91 Å². The number of carbonyl (C=O) groups is 2. The lowest BCUT2D eigenvalue weighted by Crippen LogP contribution is -2.45. The Morgan fingerprint density at radius 2 is 0.707 bits per heavy atom. The molecule has 2 atom stereocenters. The minimum atomic E-state index is -0.672. The molecule has 0 aliphatic heterocycles. The molecule has 1 amide bonds. The van der Waals surface area contributed by atoms with E-state index in [1.54, 1.807) is 0 Å². The standard InChI is InChI=1S/C52H103NO5/c1-3-5-7-9-11-13-15-17-19-21-26-30-34-38-42-46-52(57)58-47-43-39-35-31-27-23-22-25-29-33-37-41-45-51(56)53-49(48-54)50(55)44-40-36-32-28-24-20-18-16-14-12-10-8-6-4-2/h49-50,54-55H,3-48H2,1-2H3,(H,53,56). The topological polar surface area (TPSA) is 95.9 Å². The van der Waals surface area contributed by atoms with Gasteiger partial charge in [0.25, 0.3) is 0 Å². The van der Waals surface area contributed by atoms with Crippen LogP contribution < -0.4 is 5.32 Å². The number of amides is 1. The van der Waals surface area contributed by atoms with E-state index in [0.29, 0.717) is 25.9 Å². The second-order valence-corrected chi connectivity index (χ2v) is 18.2. The zero-order valence-corrected chi connectivity index (χ0v) is 39.3. The molecule has 0 aromatic rings. The molecule has 0 aromatic heterocycles. The van der Waals surface area contributed by atoms with Crippen molar-refractivity contribution in [3.63, 3.8) is 0 Å². The first-order chi connectivity index (χ1) is 28.5. The van der Waals surface area contributed by atoms with E-state index in [2.05, 4.69) is 19.2 Å². The summed E-state index contributed by atoms with van der Waals surface area (Å²) in [7, 11) is 0. The molecule has 0 bridgehead atoms. The lowest BCUT2D eigenvalue weighted by atomic mass is 10.0. The molecule has 6 heteroatoms. The van der Waals surface area contributed by atoms with Crippen LogP contribution in [-0.4, -0.2) is 47.4 Å². The minimum absolute atomic E-state index is 0.00567. The van der Waals surface area contributed by atoms with Gasteiger partial charge >= 0.3 is 5.97 Å². The van der Waals surface area contributed by atoms with Gasteiger partial charge in [0.05, 0.1) is 25.4 Å². The Morgan fingerprint density at radius 3 is 1.05 bits per heavy atom. The van der Waals surface area contributed by atoms with Gasteiger partial charge in [0.1, 0.15) is 0 Å². The van der Waals surface area contributed by atoms with Gasteiger partial charge in [0.15, 0.2) is 0 Å². The maximum Gasteiger partial charge on any atom is 0.305 e. The summed E-state index contributed by atoms with van der Waals surface area (Å²) in [5.74, 6) is -0.0542. The number of esters is 1. The van der Waals surface area contributed by atoms with Crippen molar-refractivity contribution in [1.29, 1.82) is 0 Å². The molecule has 0 aliphatic carbocycles. The quantitative estimate of drug-likeness (QED) is 0.0420. The molecule has 0 spiro atoms. The summed E-state index contributed by atoms with van der Waals surface area (Å²) in [5, 5.41) is 23.2. The third-order valence-electron chi connectivity index (χ3n) is 12.4. The number of ether oxygens (including phenoxy) is 1. The molecule has 0 fully saturated rings. The molecule has 0 rings (SSSR count). The van der Waals surface area contributed by atoms with E-state index in [-0.39, 0.29) is 18.5 Å². The lowest BCUT2D eigenvalue weighted by molar-refractivity contribution is -0.143. The molecule has 0 heterocycles. The monoisotopic (exact) mass is 822 g/mol. The van der Waals surface area contributed by atoms with Gasteiger partial charge in [0, 0.05) is 12.8 Å². The van der Waals surface area contributed by atoms with Crippen molar-refractivity contribution in [2.24, 2.45) is 0 Å². The van der Waals surface area contributed by atoms with E-state index < -0.39 is 12.1 Å². The molecular formula is C52H103NO5. The largest absolute Gasteiger partial charge is 0.466 e. The Morgan fingerprint density at radius 1 is 0.414 bits per heavy atom. The van der Waals surface area contributed by atoms with Gasteiger partial charge in [-0.3, -0.25) is 9.59 Å². The van der Waals surface area contributed by atoms with Gasteiger partial charge in [-0.05, 0) is 25.7 Å². The van der Waals surface area contributed by atoms with Crippen molar-refractivity contribution in [2.45, 2.75) is 309 Å². The number of hydrogen-bond acceptors (Lipinski definition) is 5. The number of rotatable bonds is 49. The first-order valence-corrected chi connectivity index (χ1v) is 26.3. The van der Waals surface area contributed by atoms with Crippen molar-refractivity contribution in [1.82, 2.24) is 5.32 Å². The first-order valence-electron chi connectivity index (χ1n) is 26.3. The Hall–Kier alpha value is -1.14. The Kier molecular flexibility index (Phi) is 47.6. The average molecular weight is 822 g/mol. The van der Waals surface area contributed by atoms with E-state index in [4.69, 9.17) is 4.74 Å². The number of aliphatic hydroxyl groups is 2. The van der Waals surface area contributed by atoms with Crippen LogP contribution in [0.1, 0.15) is 296 Å². The summed E-state index contributed by atoms with van der Waals surface area (Å²) in [4.78, 5) is 24.5. The zero-order chi connectivity index (χ0) is 42.3. The summed E-state index contributed by atoms with van der Waals surface area (Å²) >= 11 is 0. The SMILES string of the molecule is CCCCCCCCCCCCCCCCCC(=O)OCCCCCCCCCCCCCCC(=O)NC(CO)C(O)CCCCCCCCCCCCCCCC. The Bertz CT molecular complexity index is 822. The predicted octanol–water partition coefficient (Wildman–Crippen LogP) is 15.6. The highest BCUT2D eigenvalue weighted by Crippen LogP contribution is 2.17. The van der Waals surface area contributed by atoms with Gasteiger partial charge < -0.3 is 20.3 Å². The van der Waals surface area contributed by atoms with Crippen molar-refractivity contribution < 1.29 is 24.5 Å². The van der Waals surface area contributed by atoms with Crippen LogP contribution in [0.3, 0.4) is 0 Å². The molecule has 2 unspecified atom stereocenters. The van der Waals surface area contributed by atoms with Crippen molar-refractivity contribution in [3.8, 4) is 0 Å². The zero-order valence-electron chi connectivity index (χ0n) is 39.3. The minimum Gasteiger partial charge on any atom is -0.466 e. The molecule has 0 saturated heterocycles. The second-order valence-electron chi connectivity index (χ2n) is 18.2. The summed E-state index contributed by atoms with van der Waals surface area (Å²) in [6, 6.07) is -0.551. The fraction of sp³-hybridized carbons (Fsp3) is 0.962. The highest BCUT2D eigenvalue weighted by Gasteiger charge is 2.20. The third-order valence-corrected chi connectivity index (χ3v) is 12.4. The van der Waals surface area contributed by atoms with Crippen molar-refractivity contribution in [2.75, 3.05) is 13.2 Å². The number of hydrogen-bond donors (Lipinski definition) is 3. The molecular weight excluding hydrogens is 719 g/mol. The number of unbranched alkanes of at least 4 members (excludes halogenated alkanes) is 38. The highest BCUT2D eigenvalue weighted by molar-refractivity contribution is 5.76. The Labute approximate surface area is 362 Å². The molecule has 0 saturated carbocycles.